The van der Waals surface area contributed by atoms with Gasteiger partial charge in [-0.05, 0) is 67.8 Å². The molecule has 2 N–H and O–H groups in total. The Morgan fingerprint density at radius 2 is 1.29 bits per heavy atom. The summed E-state index contributed by atoms with van der Waals surface area (Å²) >= 11 is 1.29. The first-order chi connectivity index (χ1) is 25.3. The molecule has 0 atom stereocenters. The summed E-state index contributed by atoms with van der Waals surface area (Å²) in [6, 6.07) is 31.9. The van der Waals surface area contributed by atoms with Crippen molar-refractivity contribution in [3.05, 3.63) is 147 Å². The number of para-hydroxylation sites is 1. The maximum atomic E-state index is 13.6. The molecule has 0 saturated heterocycles. The third-order valence-corrected chi connectivity index (χ3v) is 9.88. The fourth-order valence-electron chi connectivity index (χ4n) is 6.13. The predicted octanol–water partition coefficient (Wildman–Crippen LogP) is 7.83. The number of hydrogen-bond donors (Lipinski definition) is 2. The van der Waals surface area contributed by atoms with Gasteiger partial charge in [-0.1, -0.05) is 77.9 Å². The van der Waals surface area contributed by atoms with E-state index in [1.54, 1.807) is 17.8 Å². The summed E-state index contributed by atoms with van der Waals surface area (Å²) < 4.78 is 3.76. The van der Waals surface area contributed by atoms with E-state index in [1.807, 2.05) is 65.7 Å². The largest absolute Gasteiger partial charge is 0.304 e. The van der Waals surface area contributed by atoms with Crippen LogP contribution in [0.2, 0.25) is 0 Å². The van der Waals surface area contributed by atoms with E-state index in [2.05, 4.69) is 81.3 Å². The molecule has 2 amide bonds. The van der Waals surface area contributed by atoms with Gasteiger partial charge in [-0.25, -0.2) is 4.98 Å². The summed E-state index contributed by atoms with van der Waals surface area (Å²) in [5, 5.41) is 25.5. The number of thiazole rings is 1. The van der Waals surface area contributed by atoms with Crippen molar-refractivity contribution in [3.8, 4) is 11.1 Å². The summed E-state index contributed by atoms with van der Waals surface area (Å²) in [4.78, 5) is 31.6. The molecule has 256 valence electrons. The van der Waals surface area contributed by atoms with Crippen molar-refractivity contribution in [2.24, 2.45) is 0 Å². The molecule has 4 heterocycles. The zero-order valence-corrected chi connectivity index (χ0v) is 29.5. The van der Waals surface area contributed by atoms with E-state index in [0.29, 0.717) is 40.9 Å². The van der Waals surface area contributed by atoms with E-state index >= 15 is 0 Å². The number of benzene rings is 4. The summed E-state index contributed by atoms with van der Waals surface area (Å²) in [7, 11) is 0. The van der Waals surface area contributed by atoms with Crippen LogP contribution in [0, 0.1) is 20.8 Å². The lowest BCUT2D eigenvalue weighted by Crippen LogP contribution is -2.15. The Morgan fingerprint density at radius 3 is 1.94 bits per heavy atom. The average Bonchev–Trinajstić information content (AvgIpc) is 3.85. The van der Waals surface area contributed by atoms with Gasteiger partial charge in [-0.2, -0.15) is 15.3 Å². The minimum absolute atomic E-state index is 0.149. The SMILES string of the molecule is Cc1ccc(Cn2nc(NC(=O)c3cc(-c4ccc5c(NC(=O)c6scnc6C)nn(Cc6ccc(C)cc6)c5c4)cnn3)c3ccccc32)cc1. The maximum absolute atomic E-state index is 13.6. The van der Waals surface area contributed by atoms with E-state index in [-0.39, 0.29) is 11.6 Å². The zero-order chi connectivity index (χ0) is 35.8. The van der Waals surface area contributed by atoms with E-state index in [1.165, 1.54) is 16.9 Å². The molecule has 4 aromatic carbocycles. The highest BCUT2D eigenvalue weighted by atomic mass is 32.1. The van der Waals surface area contributed by atoms with Gasteiger partial charge in [-0.3, -0.25) is 19.0 Å². The number of aromatic nitrogens is 7. The molecule has 52 heavy (non-hydrogen) atoms. The molecule has 12 heteroatoms. The van der Waals surface area contributed by atoms with Crippen LogP contribution in [0.1, 0.15) is 48.1 Å². The lowest BCUT2D eigenvalue weighted by atomic mass is 10.1. The molecule has 8 rings (SSSR count). The van der Waals surface area contributed by atoms with Crippen molar-refractivity contribution in [1.29, 1.82) is 0 Å². The summed E-state index contributed by atoms with van der Waals surface area (Å²) in [6.07, 6.45) is 1.62. The number of nitrogens with zero attached hydrogens (tertiary/aromatic N) is 7. The highest BCUT2D eigenvalue weighted by Gasteiger charge is 2.20. The first-order valence-electron chi connectivity index (χ1n) is 16.7. The number of fused-ring (bicyclic) bond motifs is 2. The van der Waals surface area contributed by atoms with Crippen LogP contribution in [0.15, 0.2) is 109 Å². The molecule has 0 saturated carbocycles. The quantitative estimate of drug-likeness (QED) is 0.157. The van der Waals surface area contributed by atoms with Gasteiger partial charge in [0, 0.05) is 16.3 Å². The Morgan fingerprint density at radius 1 is 0.673 bits per heavy atom. The number of anilines is 2. The molecule has 11 nitrogen and oxygen atoms in total. The second kappa shape index (κ2) is 13.6. The number of hydrogen-bond acceptors (Lipinski definition) is 8. The number of nitrogens with one attached hydrogen (secondary N) is 2. The first kappa shape index (κ1) is 32.7. The second-order valence-electron chi connectivity index (χ2n) is 12.7. The topological polar surface area (TPSA) is 133 Å². The van der Waals surface area contributed by atoms with Gasteiger partial charge in [0.25, 0.3) is 11.8 Å². The summed E-state index contributed by atoms with van der Waals surface area (Å²) in [6.45, 7) is 6.97. The molecule has 4 aromatic heterocycles. The van der Waals surface area contributed by atoms with Gasteiger partial charge in [0.05, 0.1) is 41.5 Å². The molecule has 0 unspecified atom stereocenters. The lowest BCUT2D eigenvalue weighted by molar-refractivity contribution is 0.101. The number of aryl methyl sites for hydroxylation is 3. The van der Waals surface area contributed by atoms with E-state index in [4.69, 9.17) is 10.2 Å². The third-order valence-electron chi connectivity index (χ3n) is 8.95. The number of carbonyl (C=O) groups excluding carboxylic acids is 2. The molecule has 0 radical (unpaired) electrons. The normalized spacial score (nSPS) is 11.3. The van der Waals surface area contributed by atoms with Gasteiger partial charge in [-0.15, -0.1) is 16.4 Å². The maximum Gasteiger partial charge on any atom is 0.277 e. The predicted molar refractivity (Wildman–Crippen MR) is 204 cm³/mol. The van der Waals surface area contributed by atoms with Gasteiger partial charge in [0.15, 0.2) is 17.3 Å². The second-order valence-corrected chi connectivity index (χ2v) is 13.6. The standard InChI is InChI=1S/C40H33N9O2S/c1-24-8-12-27(13-9-24)21-48-34-7-5-4-6-31(34)37(46-48)43-39(50)33-18-30(20-42-45-33)29-16-17-32-35(19-29)49(22-28-14-10-25(2)11-15-28)47-38(32)44-40(51)36-26(3)41-23-52-36/h4-20,23H,21-22H2,1-3H3,(H,43,46,50)(H,44,47,51). The average molecular weight is 704 g/mol. The molecule has 8 aromatic rings. The van der Waals surface area contributed by atoms with Crippen LogP contribution in [0.4, 0.5) is 11.6 Å². The van der Waals surface area contributed by atoms with Gasteiger partial charge in [0.2, 0.25) is 0 Å². The molecule has 0 spiro atoms. The van der Waals surface area contributed by atoms with Crippen LogP contribution in [-0.2, 0) is 13.1 Å². The van der Waals surface area contributed by atoms with Crippen LogP contribution in [0.5, 0.6) is 0 Å². The Hall–Kier alpha value is -6.53. The Bertz CT molecular complexity index is 2600. The third kappa shape index (κ3) is 6.54. The van der Waals surface area contributed by atoms with Crippen molar-refractivity contribution >= 4 is 56.6 Å². The van der Waals surface area contributed by atoms with Crippen molar-refractivity contribution < 1.29 is 9.59 Å². The summed E-state index contributed by atoms with van der Waals surface area (Å²) in [5.41, 5.74) is 10.2. The van der Waals surface area contributed by atoms with E-state index in [9.17, 15) is 9.59 Å². The molecule has 0 aliphatic carbocycles. The highest BCUT2D eigenvalue weighted by Crippen LogP contribution is 2.31. The lowest BCUT2D eigenvalue weighted by Gasteiger charge is -2.07. The molecule has 0 aliphatic rings. The van der Waals surface area contributed by atoms with Crippen molar-refractivity contribution in [2.75, 3.05) is 10.6 Å². The van der Waals surface area contributed by atoms with Crippen molar-refractivity contribution in [2.45, 2.75) is 33.9 Å². The Balaban J connectivity index is 1.10. The van der Waals surface area contributed by atoms with E-state index in [0.717, 1.165) is 44.1 Å². The van der Waals surface area contributed by atoms with Crippen LogP contribution in [0.25, 0.3) is 32.9 Å². The van der Waals surface area contributed by atoms with Gasteiger partial charge >= 0.3 is 0 Å². The summed E-state index contributed by atoms with van der Waals surface area (Å²) in [5.74, 6) is 0.222. The molecule has 0 fully saturated rings. The number of carbonyl (C=O) groups is 2. The van der Waals surface area contributed by atoms with Gasteiger partial charge < -0.3 is 10.6 Å². The monoisotopic (exact) mass is 703 g/mol. The van der Waals surface area contributed by atoms with Crippen LogP contribution >= 0.6 is 11.3 Å². The Labute approximate surface area is 303 Å². The Kier molecular flexibility index (Phi) is 8.57. The van der Waals surface area contributed by atoms with Crippen molar-refractivity contribution in [3.63, 3.8) is 0 Å². The van der Waals surface area contributed by atoms with Gasteiger partial charge in [0.1, 0.15) is 4.88 Å². The molecule has 0 bridgehead atoms. The number of rotatable bonds is 9. The van der Waals surface area contributed by atoms with Crippen LogP contribution in [0.3, 0.4) is 0 Å². The smallest absolute Gasteiger partial charge is 0.277 e. The molecule has 0 aliphatic heterocycles. The molecular formula is C40H33N9O2S. The van der Waals surface area contributed by atoms with Crippen molar-refractivity contribution in [1.82, 2.24) is 34.7 Å². The fourth-order valence-corrected chi connectivity index (χ4v) is 6.83. The van der Waals surface area contributed by atoms with Crippen LogP contribution < -0.4 is 10.6 Å². The van der Waals surface area contributed by atoms with Crippen LogP contribution in [-0.4, -0.2) is 46.6 Å². The molecular weight excluding hydrogens is 671 g/mol. The number of amides is 2. The minimum atomic E-state index is -0.422. The minimum Gasteiger partial charge on any atom is -0.304 e. The highest BCUT2D eigenvalue weighted by molar-refractivity contribution is 7.12. The van der Waals surface area contributed by atoms with E-state index < -0.39 is 5.91 Å². The zero-order valence-electron chi connectivity index (χ0n) is 28.7. The first-order valence-corrected chi connectivity index (χ1v) is 17.6. The fraction of sp³-hybridized carbons (Fsp3) is 0.125.